The van der Waals surface area contributed by atoms with Crippen molar-refractivity contribution in [2.75, 3.05) is 12.9 Å². The van der Waals surface area contributed by atoms with Gasteiger partial charge in [-0.05, 0) is 61.1 Å². The van der Waals surface area contributed by atoms with Gasteiger partial charge in [-0.1, -0.05) is 12.1 Å². The van der Waals surface area contributed by atoms with Crippen LogP contribution in [-0.4, -0.2) is 43.4 Å². The number of carbonyl (C=O) groups is 1. The number of hydrogen-bond acceptors (Lipinski definition) is 5. The molecule has 2 N–H and O–H groups in total. The van der Waals surface area contributed by atoms with E-state index >= 15 is 0 Å². The molecule has 0 fully saturated rings. The molecule has 0 aliphatic carbocycles. The topological polar surface area (TPSA) is 106 Å². The van der Waals surface area contributed by atoms with Gasteiger partial charge in [0.15, 0.2) is 0 Å². The number of ether oxygens (including phenoxy) is 1. The molecule has 1 heterocycles. The number of nitrogens with zero attached hydrogens (tertiary/aromatic N) is 1. The van der Waals surface area contributed by atoms with E-state index in [0.29, 0.717) is 17.9 Å². The van der Waals surface area contributed by atoms with Crippen molar-refractivity contribution >= 4 is 16.0 Å². The zero-order valence-corrected chi connectivity index (χ0v) is 16.0. The molecule has 1 aromatic carbocycles. The molecule has 27 heavy (non-hydrogen) atoms. The Bertz CT molecular complexity index is 823. The number of benzene rings is 1. The fourth-order valence-electron chi connectivity index (χ4n) is 2.57. The number of carboxylic acid groups (broad SMARTS) is 1. The van der Waals surface area contributed by atoms with Gasteiger partial charge in [0.05, 0.1) is 12.9 Å². The first kappa shape index (κ1) is 20.9. The number of sulfonamides is 1. The number of rotatable bonds is 11. The molecule has 0 bridgehead atoms. The van der Waals surface area contributed by atoms with Crippen molar-refractivity contribution in [1.29, 1.82) is 0 Å². The van der Waals surface area contributed by atoms with Crippen molar-refractivity contribution in [3.63, 3.8) is 0 Å². The van der Waals surface area contributed by atoms with Gasteiger partial charge in [0.25, 0.3) is 0 Å². The van der Waals surface area contributed by atoms with Gasteiger partial charge >= 0.3 is 5.97 Å². The van der Waals surface area contributed by atoms with Crippen LogP contribution in [0.15, 0.2) is 48.8 Å². The van der Waals surface area contributed by atoms with Crippen LogP contribution in [0, 0.1) is 0 Å². The summed E-state index contributed by atoms with van der Waals surface area (Å²) >= 11 is 0. The molecule has 0 radical (unpaired) electrons. The second kappa shape index (κ2) is 10.0. The number of aromatic nitrogens is 1. The first-order valence-electron chi connectivity index (χ1n) is 8.64. The monoisotopic (exact) mass is 392 g/mol. The van der Waals surface area contributed by atoms with Gasteiger partial charge in [0, 0.05) is 12.4 Å². The minimum absolute atomic E-state index is 0.0641. The molecule has 0 spiro atoms. The van der Waals surface area contributed by atoms with Crippen LogP contribution in [0.25, 0.3) is 0 Å². The molecule has 0 saturated carbocycles. The number of nitrogens with one attached hydrogen (secondary N) is 1. The predicted octanol–water partition coefficient (Wildman–Crippen LogP) is 2.03. The fraction of sp³-hybridized carbons (Fsp3) is 0.368. The molecule has 8 heteroatoms. The summed E-state index contributed by atoms with van der Waals surface area (Å²) < 4.78 is 30.3. The Morgan fingerprint density at radius 2 is 1.78 bits per heavy atom. The highest BCUT2D eigenvalue weighted by molar-refractivity contribution is 7.88. The number of carboxylic acids is 1. The Balaban J connectivity index is 1.76. The first-order valence-corrected chi connectivity index (χ1v) is 10.5. The third-order valence-corrected chi connectivity index (χ3v) is 4.61. The maximum absolute atomic E-state index is 11.3. The van der Waals surface area contributed by atoms with Gasteiger partial charge in [0.1, 0.15) is 11.8 Å². The molecule has 146 valence electrons. The predicted molar refractivity (Wildman–Crippen MR) is 102 cm³/mol. The van der Waals surface area contributed by atoms with Crippen molar-refractivity contribution in [3.8, 4) is 5.75 Å². The smallest absolute Gasteiger partial charge is 0.322 e. The van der Waals surface area contributed by atoms with Gasteiger partial charge in [0.2, 0.25) is 10.0 Å². The molecular weight excluding hydrogens is 368 g/mol. The van der Waals surface area contributed by atoms with E-state index < -0.39 is 22.0 Å². The fourth-order valence-corrected chi connectivity index (χ4v) is 3.27. The average Bonchev–Trinajstić information content (AvgIpc) is 2.62. The van der Waals surface area contributed by atoms with Crippen LogP contribution >= 0.6 is 0 Å². The molecule has 0 aliphatic rings. The summed E-state index contributed by atoms with van der Waals surface area (Å²) in [4.78, 5) is 15.2. The third-order valence-electron chi connectivity index (χ3n) is 3.90. The normalized spacial score (nSPS) is 12.5. The molecule has 0 aliphatic heterocycles. The summed E-state index contributed by atoms with van der Waals surface area (Å²) in [6, 6.07) is 9.82. The minimum Gasteiger partial charge on any atom is -0.494 e. The summed E-state index contributed by atoms with van der Waals surface area (Å²) in [7, 11) is -3.59. The highest BCUT2D eigenvalue weighted by Gasteiger charge is 2.21. The van der Waals surface area contributed by atoms with Crippen molar-refractivity contribution < 1.29 is 23.1 Å². The molecule has 7 nitrogen and oxygen atoms in total. The Morgan fingerprint density at radius 3 is 2.37 bits per heavy atom. The summed E-state index contributed by atoms with van der Waals surface area (Å²) in [6.07, 6.45) is 7.49. The molecule has 1 atom stereocenters. The van der Waals surface area contributed by atoms with Crippen molar-refractivity contribution in [2.45, 2.75) is 31.7 Å². The van der Waals surface area contributed by atoms with Gasteiger partial charge in [-0.3, -0.25) is 9.78 Å². The van der Waals surface area contributed by atoms with E-state index in [2.05, 4.69) is 9.71 Å². The zero-order chi connectivity index (χ0) is 19.7. The molecule has 1 aromatic heterocycles. The van der Waals surface area contributed by atoms with Crippen LogP contribution in [0.1, 0.15) is 24.0 Å². The van der Waals surface area contributed by atoms with Crippen molar-refractivity contribution in [3.05, 3.63) is 59.9 Å². The van der Waals surface area contributed by atoms with Crippen molar-refractivity contribution in [1.82, 2.24) is 9.71 Å². The van der Waals surface area contributed by atoms with Gasteiger partial charge in [-0.25, -0.2) is 13.1 Å². The van der Waals surface area contributed by atoms with E-state index in [0.717, 1.165) is 25.5 Å². The van der Waals surface area contributed by atoms with Crippen LogP contribution in [0.4, 0.5) is 0 Å². The van der Waals surface area contributed by atoms with Gasteiger partial charge in [-0.15, -0.1) is 0 Å². The SMILES string of the molecule is CS(=O)(=O)N[C@@H](Cc1ccc(OCCCCc2ccncc2)cc1)C(=O)O. The van der Waals surface area contributed by atoms with Gasteiger partial charge < -0.3 is 9.84 Å². The standard InChI is InChI=1S/C19H24N2O5S/c1-27(24,25)21-18(19(22)23)14-16-5-7-17(8-6-16)26-13-3-2-4-15-9-11-20-12-10-15/h5-12,18,21H,2-4,13-14H2,1H3,(H,22,23)/t18-/m0/s1. The zero-order valence-electron chi connectivity index (χ0n) is 15.2. The maximum atomic E-state index is 11.3. The van der Waals surface area contributed by atoms with E-state index in [1.807, 2.05) is 12.1 Å². The lowest BCUT2D eigenvalue weighted by molar-refractivity contribution is -0.138. The lowest BCUT2D eigenvalue weighted by Gasteiger charge is -2.13. The summed E-state index contributed by atoms with van der Waals surface area (Å²) in [6.45, 7) is 0.595. The number of hydrogen-bond donors (Lipinski definition) is 2. The molecule has 0 amide bonds. The molecule has 0 unspecified atom stereocenters. The molecule has 0 saturated heterocycles. The average molecular weight is 392 g/mol. The van der Waals surface area contributed by atoms with E-state index in [1.54, 1.807) is 36.7 Å². The highest BCUT2D eigenvalue weighted by atomic mass is 32.2. The second-order valence-corrected chi connectivity index (χ2v) is 8.07. The van der Waals surface area contributed by atoms with Crippen LogP contribution in [0.2, 0.25) is 0 Å². The number of pyridine rings is 1. The van der Waals surface area contributed by atoms with Crippen molar-refractivity contribution in [2.24, 2.45) is 0 Å². The number of unbranched alkanes of at least 4 members (excludes halogenated alkanes) is 1. The second-order valence-electron chi connectivity index (χ2n) is 6.29. The maximum Gasteiger partial charge on any atom is 0.322 e. The van der Waals surface area contributed by atoms with E-state index in [4.69, 9.17) is 9.84 Å². The molecular formula is C19H24N2O5S. The van der Waals surface area contributed by atoms with E-state index in [9.17, 15) is 13.2 Å². The minimum atomic E-state index is -3.59. The first-order chi connectivity index (χ1) is 12.8. The van der Waals surface area contributed by atoms with E-state index in [1.165, 1.54) is 5.56 Å². The highest BCUT2D eigenvalue weighted by Crippen LogP contribution is 2.15. The van der Waals surface area contributed by atoms with Crippen LogP contribution in [0.3, 0.4) is 0 Å². The van der Waals surface area contributed by atoms with Crippen LogP contribution in [0.5, 0.6) is 5.75 Å². The lowest BCUT2D eigenvalue weighted by atomic mass is 10.1. The number of aryl methyl sites for hydroxylation is 1. The number of aliphatic carboxylic acids is 1. The summed E-state index contributed by atoms with van der Waals surface area (Å²) in [5.74, 6) is -0.513. The van der Waals surface area contributed by atoms with Crippen LogP contribution in [-0.2, 0) is 27.7 Å². The Morgan fingerprint density at radius 1 is 1.11 bits per heavy atom. The largest absolute Gasteiger partial charge is 0.494 e. The molecule has 2 aromatic rings. The quantitative estimate of drug-likeness (QED) is 0.567. The molecule has 2 rings (SSSR count). The van der Waals surface area contributed by atoms with Gasteiger partial charge in [-0.2, -0.15) is 0 Å². The lowest BCUT2D eigenvalue weighted by Crippen LogP contribution is -2.41. The van der Waals surface area contributed by atoms with Crippen LogP contribution < -0.4 is 9.46 Å². The Labute approximate surface area is 159 Å². The Hall–Kier alpha value is -2.45. The summed E-state index contributed by atoms with van der Waals surface area (Å²) in [5, 5.41) is 9.15. The Kier molecular flexibility index (Phi) is 7.75. The summed E-state index contributed by atoms with van der Waals surface area (Å²) in [5.41, 5.74) is 1.97. The third kappa shape index (κ3) is 8.19. The van der Waals surface area contributed by atoms with E-state index in [-0.39, 0.29) is 6.42 Å².